The average Bonchev–Trinajstić information content (AvgIpc) is 3.08. The van der Waals surface area contributed by atoms with Gasteiger partial charge in [0.25, 0.3) is 5.91 Å². The molecule has 0 aliphatic carbocycles. The van der Waals surface area contributed by atoms with Gasteiger partial charge in [-0.3, -0.25) is 9.48 Å². The van der Waals surface area contributed by atoms with Crippen LogP contribution in [0.4, 0.5) is 0 Å². The maximum absolute atomic E-state index is 12.1. The number of carbonyl (C=O) groups is 2. The Hall–Kier alpha value is -2.22. The molecule has 0 fully saturated rings. The van der Waals surface area contributed by atoms with Gasteiger partial charge in [0.15, 0.2) is 10.5 Å². The molecule has 0 aliphatic rings. The largest absolute Gasteiger partial charge is 0.462 e. The lowest BCUT2D eigenvalue weighted by molar-refractivity contribution is 0.0530. The minimum atomic E-state index is -0.431. The molecule has 0 N–H and O–H groups in total. The molecular weight excluding hydrogens is 304 g/mol. The summed E-state index contributed by atoms with van der Waals surface area (Å²) in [5.74, 6) is -0.829. The first kappa shape index (κ1) is 16.2. The van der Waals surface area contributed by atoms with E-state index in [1.807, 2.05) is 6.92 Å². The number of amides is 1. The van der Waals surface area contributed by atoms with E-state index in [1.165, 1.54) is 0 Å². The SMILES string of the molecule is CCOC(=O)c1sc(=NC(=O)c2ccn(CC)n2)n(C)c1C. The first-order chi connectivity index (χ1) is 10.5. The highest BCUT2D eigenvalue weighted by molar-refractivity contribution is 7.11. The molecule has 2 rings (SSSR count). The lowest BCUT2D eigenvalue weighted by Crippen LogP contribution is -2.15. The molecule has 0 unspecified atom stereocenters. The molecular formula is C14H18N4O3S. The molecule has 0 radical (unpaired) electrons. The van der Waals surface area contributed by atoms with Crippen molar-refractivity contribution >= 4 is 23.2 Å². The van der Waals surface area contributed by atoms with Crippen molar-refractivity contribution in [3.05, 3.63) is 33.3 Å². The van der Waals surface area contributed by atoms with Crippen LogP contribution in [0.2, 0.25) is 0 Å². The fourth-order valence-electron chi connectivity index (χ4n) is 1.81. The molecule has 2 aromatic heterocycles. The number of hydrogen-bond donors (Lipinski definition) is 0. The molecule has 0 aromatic carbocycles. The van der Waals surface area contributed by atoms with Crippen LogP contribution in [-0.4, -0.2) is 32.8 Å². The van der Waals surface area contributed by atoms with Gasteiger partial charge < -0.3 is 9.30 Å². The van der Waals surface area contributed by atoms with E-state index in [2.05, 4.69) is 10.1 Å². The predicted octanol–water partition coefficient (Wildman–Crippen LogP) is 1.53. The molecule has 0 atom stereocenters. The highest BCUT2D eigenvalue weighted by atomic mass is 32.1. The maximum Gasteiger partial charge on any atom is 0.350 e. The van der Waals surface area contributed by atoms with Crippen LogP contribution in [0.15, 0.2) is 17.3 Å². The van der Waals surface area contributed by atoms with Crippen molar-refractivity contribution in [2.75, 3.05) is 6.61 Å². The van der Waals surface area contributed by atoms with Crippen molar-refractivity contribution in [2.45, 2.75) is 27.3 Å². The monoisotopic (exact) mass is 322 g/mol. The molecule has 2 heterocycles. The van der Waals surface area contributed by atoms with E-state index in [1.54, 1.807) is 42.4 Å². The Kier molecular flexibility index (Phi) is 4.92. The van der Waals surface area contributed by atoms with Crippen molar-refractivity contribution in [1.82, 2.24) is 14.3 Å². The quantitative estimate of drug-likeness (QED) is 0.800. The Morgan fingerprint density at radius 1 is 1.41 bits per heavy atom. The molecule has 2 aromatic rings. The second-order valence-corrected chi connectivity index (χ2v) is 5.53. The van der Waals surface area contributed by atoms with Crippen molar-refractivity contribution < 1.29 is 14.3 Å². The topological polar surface area (TPSA) is 78.5 Å². The number of thiazole rings is 1. The summed E-state index contributed by atoms with van der Waals surface area (Å²) in [5.41, 5.74) is 1.000. The number of esters is 1. The Bertz CT molecular complexity index is 769. The van der Waals surface area contributed by atoms with Gasteiger partial charge in [0.1, 0.15) is 4.88 Å². The van der Waals surface area contributed by atoms with E-state index < -0.39 is 11.9 Å². The summed E-state index contributed by atoms with van der Waals surface area (Å²) in [7, 11) is 1.76. The van der Waals surface area contributed by atoms with Gasteiger partial charge in [-0.25, -0.2) is 4.79 Å². The molecule has 22 heavy (non-hydrogen) atoms. The summed E-state index contributed by atoms with van der Waals surface area (Å²) in [6.07, 6.45) is 1.73. The second-order valence-electron chi connectivity index (χ2n) is 4.55. The molecule has 0 saturated heterocycles. The standard InChI is InChI=1S/C14H18N4O3S/c1-5-18-8-7-10(16-18)12(19)15-14-17(4)9(3)11(22-14)13(20)21-6-2/h7-8H,5-6H2,1-4H3. The van der Waals surface area contributed by atoms with Crippen LogP contribution >= 0.6 is 11.3 Å². The predicted molar refractivity (Wildman–Crippen MR) is 81.8 cm³/mol. The van der Waals surface area contributed by atoms with Gasteiger partial charge in [0.2, 0.25) is 0 Å². The zero-order chi connectivity index (χ0) is 16.3. The van der Waals surface area contributed by atoms with Crippen LogP contribution in [0, 0.1) is 6.92 Å². The summed E-state index contributed by atoms with van der Waals surface area (Å²) in [6.45, 7) is 6.47. The first-order valence-corrected chi connectivity index (χ1v) is 7.75. The maximum atomic E-state index is 12.1. The van der Waals surface area contributed by atoms with Crippen LogP contribution in [0.1, 0.15) is 39.7 Å². The third-order valence-corrected chi connectivity index (χ3v) is 4.37. The number of aryl methyl sites for hydroxylation is 1. The van der Waals surface area contributed by atoms with Crippen LogP contribution in [0.3, 0.4) is 0 Å². The van der Waals surface area contributed by atoms with Crippen molar-refractivity contribution in [2.24, 2.45) is 12.0 Å². The zero-order valence-electron chi connectivity index (χ0n) is 13.0. The molecule has 0 bridgehead atoms. The fraction of sp³-hybridized carbons (Fsp3) is 0.429. The molecule has 118 valence electrons. The fourth-order valence-corrected chi connectivity index (χ4v) is 2.82. The van der Waals surface area contributed by atoms with Crippen molar-refractivity contribution in [1.29, 1.82) is 0 Å². The molecule has 0 spiro atoms. The van der Waals surface area contributed by atoms with Crippen molar-refractivity contribution in [3.8, 4) is 0 Å². The Morgan fingerprint density at radius 3 is 2.73 bits per heavy atom. The summed E-state index contributed by atoms with van der Waals surface area (Å²) in [6, 6.07) is 1.63. The summed E-state index contributed by atoms with van der Waals surface area (Å²) in [4.78, 5) is 29.0. The van der Waals surface area contributed by atoms with E-state index in [-0.39, 0.29) is 5.69 Å². The number of hydrogen-bond acceptors (Lipinski definition) is 5. The van der Waals surface area contributed by atoms with Gasteiger partial charge in [-0.2, -0.15) is 10.1 Å². The van der Waals surface area contributed by atoms with E-state index in [4.69, 9.17) is 4.74 Å². The lowest BCUT2D eigenvalue weighted by atomic mass is 10.4. The average molecular weight is 322 g/mol. The van der Waals surface area contributed by atoms with E-state index in [9.17, 15) is 9.59 Å². The smallest absolute Gasteiger partial charge is 0.350 e. The normalized spacial score (nSPS) is 11.7. The van der Waals surface area contributed by atoms with E-state index in [0.29, 0.717) is 28.5 Å². The van der Waals surface area contributed by atoms with Crippen molar-refractivity contribution in [3.63, 3.8) is 0 Å². The van der Waals surface area contributed by atoms with Crippen LogP contribution in [0.25, 0.3) is 0 Å². The molecule has 0 saturated carbocycles. The number of aromatic nitrogens is 3. The Balaban J connectivity index is 2.37. The van der Waals surface area contributed by atoms with Crippen LogP contribution < -0.4 is 4.80 Å². The number of carbonyl (C=O) groups excluding carboxylic acids is 2. The molecule has 1 amide bonds. The van der Waals surface area contributed by atoms with Gasteiger partial charge in [0, 0.05) is 25.5 Å². The van der Waals surface area contributed by atoms with Gasteiger partial charge in [-0.1, -0.05) is 11.3 Å². The van der Waals surface area contributed by atoms with Crippen LogP contribution in [0.5, 0.6) is 0 Å². The highest BCUT2D eigenvalue weighted by Crippen LogP contribution is 2.12. The highest BCUT2D eigenvalue weighted by Gasteiger charge is 2.17. The lowest BCUT2D eigenvalue weighted by Gasteiger charge is -2.00. The zero-order valence-corrected chi connectivity index (χ0v) is 13.8. The summed E-state index contributed by atoms with van der Waals surface area (Å²) in [5, 5.41) is 4.13. The minimum Gasteiger partial charge on any atom is -0.462 e. The Morgan fingerprint density at radius 2 is 2.14 bits per heavy atom. The number of rotatable bonds is 4. The number of nitrogens with zero attached hydrogens (tertiary/aromatic N) is 4. The minimum absolute atomic E-state index is 0.283. The second kappa shape index (κ2) is 6.69. The third kappa shape index (κ3) is 3.16. The van der Waals surface area contributed by atoms with Gasteiger partial charge in [-0.15, -0.1) is 0 Å². The van der Waals surface area contributed by atoms with Gasteiger partial charge >= 0.3 is 5.97 Å². The van der Waals surface area contributed by atoms with Gasteiger partial charge in [0.05, 0.1) is 6.61 Å². The van der Waals surface area contributed by atoms with E-state index in [0.717, 1.165) is 11.3 Å². The van der Waals surface area contributed by atoms with E-state index >= 15 is 0 Å². The molecule has 7 nitrogen and oxygen atoms in total. The number of ether oxygens (including phenoxy) is 1. The van der Waals surface area contributed by atoms with Gasteiger partial charge in [-0.05, 0) is 26.8 Å². The Labute approximate surface area is 131 Å². The molecule has 8 heteroatoms. The summed E-state index contributed by atoms with van der Waals surface area (Å²) < 4.78 is 8.36. The summed E-state index contributed by atoms with van der Waals surface area (Å²) >= 11 is 1.14. The first-order valence-electron chi connectivity index (χ1n) is 6.94. The molecule has 0 aliphatic heterocycles. The third-order valence-electron chi connectivity index (χ3n) is 3.15. The van der Waals surface area contributed by atoms with Crippen LogP contribution in [-0.2, 0) is 18.3 Å².